The highest BCUT2D eigenvalue weighted by atomic mass is 79.9. The van der Waals surface area contributed by atoms with E-state index in [1.807, 2.05) is 49.5 Å². The molecule has 1 unspecified atom stereocenters. The van der Waals surface area contributed by atoms with Gasteiger partial charge in [-0.1, -0.05) is 39.7 Å². The minimum Gasteiger partial charge on any atom is -0.497 e. The highest BCUT2D eigenvalue weighted by Crippen LogP contribution is 2.31. The van der Waals surface area contributed by atoms with E-state index in [1.165, 1.54) is 0 Å². The van der Waals surface area contributed by atoms with Crippen molar-refractivity contribution in [2.75, 3.05) is 14.2 Å². The summed E-state index contributed by atoms with van der Waals surface area (Å²) >= 11 is 9.53. The van der Waals surface area contributed by atoms with Crippen molar-refractivity contribution in [3.8, 4) is 5.75 Å². The van der Waals surface area contributed by atoms with Gasteiger partial charge in [0.15, 0.2) is 0 Å². The fraction of sp³-hybridized carbons (Fsp3) is 0.200. The van der Waals surface area contributed by atoms with E-state index in [2.05, 4.69) is 21.2 Å². The number of benzene rings is 2. The third-order valence-corrected chi connectivity index (χ3v) is 3.98. The summed E-state index contributed by atoms with van der Waals surface area (Å²) in [7, 11) is 3.61. The largest absolute Gasteiger partial charge is 0.497 e. The lowest BCUT2D eigenvalue weighted by molar-refractivity contribution is 0.413. The van der Waals surface area contributed by atoms with Crippen LogP contribution in [0, 0.1) is 0 Å². The zero-order valence-electron chi connectivity index (χ0n) is 10.8. The third-order valence-electron chi connectivity index (χ3n) is 3.01. The molecule has 0 spiro atoms. The Morgan fingerprint density at radius 3 is 2.42 bits per heavy atom. The first-order valence-corrected chi connectivity index (χ1v) is 7.09. The second-order valence-electron chi connectivity index (χ2n) is 4.16. The molecule has 1 N–H and O–H groups in total. The van der Waals surface area contributed by atoms with Gasteiger partial charge >= 0.3 is 0 Å². The van der Waals surface area contributed by atoms with E-state index >= 15 is 0 Å². The van der Waals surface area contributed by atoms with Gasteiger partial charge in [0.05, 0.1) is 13.2 Å². The van der Waals surface area contributed by atoms with Crippen LogP contribution < -0.4 is 10.1 Å². The Balaban J connectivity index is 2.44. The lowest BCUT2D eigenvalue weighted by atomic mass is 9.99. The van der Waals surface area contributed by atoms with E-state index in [0.717, 1.165) is 26.4 Å². The molecule has 0 amide bonds. The van der Waals surface area contributed by atoms with Crippen LogP contribution in [-0.4, -0.2) is 14.2 Å². The summed E-state index contributed by atoms with van der Waals surface area (Å²) in [6.45, 7) is 0. The maximum Gasteiger partial charge on any atom is 0.119 e. The summed E-state index contributed by atoms with van der Waals surface area (Å²) < 4.78 is 6.33. The molecule has 19 heavy (non-hydrogen) atoms. The zero-order chi connectivity index (χ0) is 13.8. The van der Waals surface area contributed by atoms with Crippen molar-refractivity contribution in [2.24, 2.45) is 0 Å². The molecule has 0 heterocycles. The molecule has 0 bridgehead atoms. The Morgan fingerprint density at radius 2 is 1.84 bits per heavy atom. The van der Waals surface area contributed by atoms with Gasteiger partial charge in [0.25, 0.3) is 0 Å². The Kier molecular flexibility index (Phi) is 4.86. The summed E-state index contributed by atoms with van der Waals surface area (Å²) in [4.78, 5) is 0. The number of rotatable bonds is 4. The van der Waals surface area contributed by atoms with Crippen LogP contribution in [0.15, 0.2) is 46.9 Å². The molecule has 2 nitrogen and oxygen atoms in total. The van der Waals surface area contributed by atoms with Crippen molar-refractivity contribution < 1.29 is 4.74 Å². The minimum absolute atomic E-state index is 0.0849. The summed E-state index contributed by atoms with van der Waals surface area (Å²) in [5, 5.41) is 4.06. The molecular weight excluding hydrogens is 326 g/mol. The first-order valence-electron chi connectivity index (χ1n) is 5.92. The van der Waals surface area contributed by atoms with Gasteiger partial charge in [-0.25, -0.2) is 0 Å². The Hall–Kier alpha value is -1.03. The first kappa shape index (κ1) is 14.4. The lowest BCUT2D eigenvalue weighted by Crippen LogP contribution is -2.18. The second-order valence-corrected chi connectivity index (χ2v) is 5.45. The first-order chi connectivity index (χ1) is 9.15. The van der Waals surface area contributed by atoms with Crippen molar-refractivity contribution in [1.82, 2.24) is 5.32 Å². The number of hydrogen-bond acceptors (Lipinski definition) is 2. The van der Waals surface area contributed by atoms with Gasteiger partial charge in [0, 0.05) is 9.50 Å². The topological polar surface area (TPSA) is 21.3 Å². The predicted octanol–water partition coefficient (Wildman–Crippen LogP) is 4.42. The average molecular weight is 341 g/mol. The van der Waals surface area contributed by atoms with E-state index in [4.69, 9.17) is 16.3 Å². The SMILES string of the molecule is CNC(c1ccc(Cl)cc1)c1cc(OC)ccc1Br. The summed E-state index contributed by atoms with van der Waals surface area (Å²) in [5.74, 6) is 0.840. The van der Waals surface area contributed by atoms with Crippen molar-refractivity contribution in [3.63, 3.8) is 0 Å². The van der Waals surface area contributed by atoms with E-state index in [9.17, 15) is 0 Å². The monoisotopic (exact) mass is 339 g/mol. The molecule has 0 aliphatic carbocycles. The molecule has 0 aliphatic heterocycles. The van der Waals surface area contributed by atoms with E-state index in [-0.39, 0.29) is 6.04 Å². The smallest absolute Gasteiger partial charge is 0.119 e. The van der Waals surface area contributed by atoms with Crippen LogP contribution in [0.2, 0.25) is 5.02 Å². The van der Waals surface area contributed by atoms with Gasteiger partial charge in [0.2, 0.25) is 0 Å². The normalized spacial score (nSPS) is 12.2. The van der Waals surface area contributed by atoms with Gasteiger partial charge in [-0.3, -0.25) is 0 Å². The van der Waals surface area contributed by atoms with Gasteiger partial charge in [-0.15, -0.1) is 0 Å². The number of hydrogen-bond donors (Lipinski definition) is 1. The highest BCUT2D eigenvalue weighted by molar-refractivity contribution is 9.10. The molecule has 0 fully saturated rings. The Bertz CT molecular complexity index is 557. The van der Waals surface area contributed by atoms with E-state index < -0.39 is 0 Å². The fourth-order valence-electron chi connectivity index (χ4n) is 2.03. The maximum absolute atomic E-state index is 5.93. The Labute approximate surface area is 126 Å². The molecular formula is C15H15BrClNO. The predicted molar refractivity (Wildman–Crippen MR) is 83.0 cm³/mol. The van der Waals surface area contributed by atoms with Crippen molar-refractivity contribution >= 4 is 27.5 Å². The molecule has 0 aliphatic rings. The molecule has 1 atom stereocenters. The van der Waals surface area contributed by atoms with Crippen molar-refractivity contribution in [3.05, 3.63) is 63.1 Å². The molecule has 2 aromatic carbocycles. The van der Waals surface area contributed by atoms with Crippen LogP contribution in [0.4, 0.5) is 0 Å². The lowest BCUT2D eigenvalue weighted by Gasteiger charge is -2.19. The summed E-state index contributed by atoms with van der Waals surface area (Å²) in [5.41, 5.74) is 2.28. The van der Waals surface area contributed by atoms with Gasteiger partial charge in [-0.05, 0) is 48.5 Å². The second kappa shape index (κ2) is 6.42. The van der Waals surface area contributed by atoms with Crippen LogP contribution in [0.25, 0.3) is 0 Å². The number of halogens is 2. The number of methoxy groups -OCH3 is 1. The number of nitrogens with one attached hydrogen (secondary N) is 1. The highest BCUT2D eigenvalue weighted by Gasteiger charge is 2.15. The van der Waals surface area contributed by atoms with Crippen LogP contribution >= 0.6 is 27.5 Å². The average Bonchev–Trinajstić information content (AvgIpc) is 2.43. The summed E-state index contributed by atoms with van der Waals surface area (Å²) in [6, 6.07) is 13.9. The van der Waals surface area contributed by atoms with Crippen molar-refractivity contribution in [1.29, 1.82) is 0 Å². The third kappa shape index (κ3) is 3.30. The standard InChI is InChI=1S/C15H15BrClNO/c1-18-15(10-3-5-11(17)6-4-10)13-9-12(19-2)7-8-14(13)16/h3-9,15,18H,1-2H3. The molecule has 2 aromatic rings. The van der Waals surface area contributed by atoms with Crippen LogP contribution in [-0.2, 0) is 0 Å². The number of ether oxygens (including phenoxy) is 1. The van der Waals surface area contributed by atoms with Crippen molar-refractivity contribution in [2.45, 2.75) is 6.04 Å². The Morgan fingerprint density at radius 1 is 1.16 bits per heavy atom. The van der Waals surface area contributed by atoms with Crippen LogP contribution in [0.1, 0.15) is 17.2 Å². The molecule has 0 radical (unpaired) electrons. The molecule has 0 saturated carbocycles. The van der Waals surface area contributed by atoms with Crippen LogP contribution in [0.3, 0.4) is 0 Å². The minimum atomic E-state index is 0.0849. The maximum atomic E-state index is 5.93. The molecule has 2 rings (SSSR count). The molecule has 4 heteroatoms. The quantitative estimate of drug-likeness (QED) is 0.889. The van der Waals surface area contributed by atoms with Gasteiger partial charge in [-0.2, -0.15) is 0 Å². The molecule has 100 valence electrons. The summed E-state index contributed by atoms with van der Waals surface area (Å²) in [6.07, 6.45) is 0. The van der Waals surface area contributed by atoms with Gasteiger partial charge in [0.1, 0.15) is 5.75 Å². The molecule has 0 saturated heterocycles. The van der Waals surface area contributed by atoms with Gasteiger partial charge < -0.3 is 10.1 Å². The van der Waals surface area contributed by atoms with Crippen LogP contribution in [0.5, 0.6) is 5.75 Å². The van der Waals surface area contributed by atoms with E-state index in [1.54, 1.807) is 7.11 Å². The fourth-order valence-corrected chi connectivity index (χ4v) is 2.63. The van der Waals surface area contributed by atoms with E-state index in [0.29, 0.717) is 0 Å². The zero-order valence-corrected chi connectivity index (χ0v) is 13.1. The molecule has 0 aromatic heterocycles.